The van der Waals surface area contributed by atoms with Gasteiger partial charge >= 0.3 is 5.97 Å². The monoisotopic (exact) mass is 206 g/mol. The number of terminal acetylenes is 1. The minimum Gasteiger partial charge on any atom is -0.478 e. The lowest BCUT2D eigenvalue weighted by Gasteiger charge is -1.93. The Morgan fingerprint density at radius 2 is 1.67 bits per heavy atom. The smallest absolute Gasteiger partial charge is 0.335 e. The number of anilines is 1. The molecule has 0 aliphatic carbocycles. The van der Waals surface area contributed by atoms with E-state index in [1.807, 2.05) is 0 Å². The Morgan fingerprint density at radius 1 is 1.27 bits per heavy atom. The topological polar surface area (TPSA) is 106 Å². The van der Waals surface area contributed by atoms with Crippen LogP contribution in [0.15, 0.2) is 24.3 Å². The number of carbonyl (C=O) groups excluding carboxylic acids is 1. The summed E-state index contributed by atoms with van der Waals surface area (Å²) in [6, 6.07) is 6.06. The largest absolute Gasteiger partial charge is 0.478 e. The summed E-state index contributed by atoms with van der Waals surface area (Å²) in [6.45, 7) is 0. The van der Waals surface area contributed by atoms with Gasteiger partial charge in [0.1, 0.15) is 0 Å². The van der Waals surface area contributed by atoms with E-state index in [9.17, 15) is 9.59 Å². The highest BCUT2D eigenvalue weighted by atomic mass is 16.4. The summed E-state index contributed by atoms with van der Waals surface area (Å²) < 4.78 is 0. The lowest BCUT2D eigenvalue weighted by Crippen LogP contribution is -2.05. The summed E-state index contributed by atoms with van der Waals surface area (Å²) in [7, 11) is 0. The second-order valence-electron chi connectivity index (χ2n) is 2.44. The van der Waals surface area contributed by atoms with Gasteiger partial charge in [-0.25, -0.2) is 4.79 Å². The first-order chi connectivity index (χ1) is 6.97. The minimum absolute atomic E-state index is 0.259. The molecule has 1 aromatic rings. The molecule has 1 amide bonds. The number of nitrogen functional groups attached to an aromatic ring is 1. The Hall–Kier alpha value is -2.48. The van der Waals surface area contributed by atoms with E-state index in [4.69, 9.17) is 10.8 Å². The summed E-state index contributed by atoms with van der Waals surface area (Å²) >= 11 is 0. The number of amides is 1. The van der Waals surface area contributed by atoms with Crippen LogP contribution in [-0.4, -0.2) is 17.0 Å². The summed E-state index contributed by atoms with van der Waals surface area (Å²) in [5.41, 5.74) is 10.6. The van der Waals surface area contributed by atoms with Gasteiger partial charge in [0.25, 0.3) is 5.91 Å². The van der Waals surface area contributed by atoms with Crippen molar-refractivity contribution in [1.29, 1.82) is 0 Å². The van der Waals surface area contributed by atoms with E-state index < -0.39 is 11.9 Å². The standard InChI is InChI=1S/C7H7NO2.C3H3NO/c8-6-3-1-5(2-4-6)7(9)10;1-2-3(4)5/h1-4H,8H2,(H,9,10);1H,(H2,4,5). The molecule has 15 heavy (non-hydrogen) atoms. The molecule has 1 aromatic carbocycles. The highest BCUT2D eigenvalue weighted by Gasteiger charge is 1.98. The van der Waals surface area contributed by atoms with E-state index in [0.717, 1.165) is 0 Å². The van der Waals surface area contributed by atoms with Crippen LogP contribution in [-0.2, 0) is 4.79 Å². The maximum Gasteiger partial charge on any atom is 0.335 e. The van der Waals surface area contributed by atoms with Gasteiger partial charge in [-0.3, -0.25) is 4.79 Å². The maximum absolute atomic E-state index is 10.3. The van der Waals surface area contributed by atoms with Gasteiger partial charge in [0.2, 0.25) is 0 Å². The number of carboxylic acids is 1. The molecule has 0 saturated carbocycles. The molecule has 0 atom stereocenters. The van der Waals surface area contributed by atoms with E-state index in [1.165, 1.54) is 12.1 Å². The van der Waals surface area contributed by atoms with Crippen molar-refractivity contribution < 1.29 is 14.7 Å². The van der Waals surface area contributed by atoms with E-state index in [0.29, 0.717) is 5.69 Å². The SMILES string of the molecule is C#CC(N)=O.Nc1ccc(C(=O)O)cc1. The summed E-state index contributed by atoms with van der Waals surface area (Å²) in [4.78, 5) is 19.6. The van der Waals surface area contributed by atoms with Gasteiger partial charge in [-0.2, -0.15) is 0 Å². The molecular formula is C10H10N2O3. The van der Waals surface area contributed by atoms with Crippen LogP contribution in [0.2, 0.25) is 0 Å². The van der Waals surface area contributed by atoms with Gasteiger partial charge in [0.05, 0.1) is 5.56 Å². The number of rotatable bonds is 1. The molecule has 0 saturated heterocycles. The van der Waals surface area contributed by atoms with Gasteiger partial charge < -0.3 is 16.6 Å². The highest BCUT2D eigenvalue weighted by Crippen LogP contribution is 2.04. The summed E-state index contributed by atoms with van der Waals surface area (Å²) in [5, 5.41) is 8.43. The van der Waals surface area contributed by atoms with Crippen molar-refractivity contribution in [3.63, 3.8) is 0 Å². The Morgan fingerprint density at radius 3 is 1.93 bits per heavy atom. The van der Waals surface area contributed by atoms with Crippen LogP contribution >= 0.6 is 0 Å². The molecule has 5 nitrogen and oxygen atoms in total. The third-order valence-electron chi connectivity index (χ3n) is 1.30. The van der Waals surface area contributed by atoms with Crippen molar-refractivity contribution in [3.8, 4) is 12.3 Å². The molecule has 0 aliphatic rings. The maximum atomic E-state index is 10.3. The zero-order valence-electron chi connectivity index (χ0n) is 7.81. The Labute approximate surface area is 86.7 Å². The van der Waals surface area contributed by atoms with Crippen molar-refractivity contribution in [3.05, 3.63) is 29.8 Å². The van der Waals surface area contributed by atoms with Gasteiger partial charge in [0.15, 0.2) is 0 Å². The first kappa shape index (κ1) is 12.5. The number of carboxylic acid groups (broad SMARTS) is 1. The normalized spacial score (nSPS) is 7.93. The zero-order valence-corrected chi connectivity index (χ0v) is 7.81. The Kier molecular flexibility index (Phi) is 5.05. The molecule has 0 unspecified atom stereocenters. The van der Waals surface area contributed by atoms with Crippen LogP contribution in [0.25, 0.3) is 0 Å². The second kappa shape index (κ2) is 6.05. The molecular weight excluding hydrogens is 196 g/mol. The number of carbonyl (C=O) groups is 2. The van der Waals surface area contributed by atoms with Crippen LogP contribution in [0.5, 0.6) is 0 Å². The van der Waals surface area contributed by atoms with E-state index in [1.54, 1.807) is 18.1 Å². The average Bonchev–Trinajstić information content (AvgIpc) is 2.19. The predicted octanol–water partition coefficient (Wildman–Crippen LogP) is 0.0719. The van der Waals surface area contributed by atoms with E-state index in [2.05, 4.69) is 12.2 Å². The minimum atomic E-state index is -0.931. The molecule has 0 aromatic heterocycles. The van der Waals surface area contributed by atoms with Gasteiger partial charge in [-0.1, -0.05) is 0 Å². The van der Waals surface area contributed by atoms with Crippen LogP contribution in [0.3, 0.4) is 0 Å². The van der Waals surface area contributed by atoms with Crippen molar-refractivity contribution in [2.24, 2.45) is 5.73 Å². The molecule has 5 heteroatoms. The molecule has 0 fully saturated rings. The molecule has 0 spiro atoms. The Balaban J connectivity index is 0.000000336. The van der Waals surface area contributed by atoms with Gasteiger partial charge in [0, 0.05) is 5.69 Å². The van der Waals surface area contributed by atoms with Crippen LogP contribution in [0, 0.1) is 12.3 Å². The fraction of sp³-hybridized carbons (Fsp3) is 0. The number of primary amides is 1. The molecule has 0 bridgehead atoms. The van der Waals surface area contributed by atoms with Crippen molar-refractivity contribution in [1.82, 2.24) is 0 Å². The number of benzene rings is 1. The fourth-order valence-corrected chi connectivity index (χ4v) is 0.626. The molecule has 78 valence electrons. The third kappa shape index (κ3) is 5.71. The van der Waals surface area contributed by atoms with Crippen LogP contribution in [0.4, 0.5) is 5.69 Å². The third-order valence-corrected chi connectivity index (χ3v) is 1.30. The second-order valence-corrected chi connectivity index (χ2v) is 2.44. The molecule has 1 rings (SSSR count). The van der Waals surface area contributed by atoms with Crippen molar-refractivity contribution in [2.45, 2.75) is 0 Å². The van der Waals surface area contributed by atoms with E-state index in [-0.39, 0.29) is 5.56 Å². The number of aromatic carboxylic acids is 1. The zero-order chi connectivity index (χ0) is 11.8. The lowest BCUT2D eigenvalue weighted by atomic mass is 10.2. The number of hydrogen-bond donors (Lipinski definition) is 3. The van der Waals surface area contributed by atoms with Crippen molar-refractivity contribution in [2.75, 3.05) is 5.73 Å². The number of nitrogens with two attached hydrogens (primary N) is 2. The number of hydrogen-bond acceptors (Lipinski definition) is 3. The predicted molar refractivity (Wildman–Crippen MR) is 55.8 cm³/mol. The fourth-order valence-electron chi connectivity index (χ4n) is 0.626. The highest BCUT2D eigenvalue weighted by molar-refractivity contribution is 5.91. The quantitative estimate of drug-likeness (QED) is 0.446. The van der Waals surface area contributed by atoms with Crippen molar-refractivity contribution >= 4 is 17.6 Å². The van der Waals surface area contributed by atoms with Crippen LogP contribution in [0.1, 0.15) is 10.4 Å². The Bertz CT molecular complexity index is 390. The average molecular weight is 206 g/mol. The first-order valence-electron chi connectivity index (χ1n) is 3.82. The summed E-state index contributed by atoms with van der Waals surface area (Å²) in [5.74, 6) is 0.0185. The van der Waals surface area contributed by atoms with Crippen LogP contribution < -0.4 is 11.5 Å². The first-order valence-corrected chi connectivity index (χ1v) is 3.82. The summed E-state index contributed by atoms with van der Waals surface area (Å²) in [6.07, 6.45) is 4.45. The van der Waals surface area contributed by atoms with E-state index >= 15 is 0 Å². The van der Waals surface area contributed by atoms with Gasteiger partial charge in [-0.05, 0) is 30.2 Å². The molecule has 5 N–H and O–H groups in total. The molecule has 0 heterocycles. The van der Waals surface area contributed by atoms with Gasteiger partial charge in [-0.15, -0.1) is 6.42 Å². The molecule has 0 aliphatic heterocycles. The lowest BCUT2D eigenvalue weighted by molar-refractivity contribution is -0.112. The molecule has 0 radical (unpaired) electrons.